The molecule has 0 fully saturated rings. The monoisotopic (exact) mass is 152 g/mol. The smallest absolute Gasteiger partial charge is 0.178 e. The lowest BCUT2D eigenvalue weighted by molar-refractivity contribution is 0.816. The summed E-state index contributed by atoms with van der Waals surface area (Å²) in [4.78, 5) is 0. The van der Waals surface area contributed by atoms with Crippen LogP contribution in [0.4, 0.5) is 0 Å². The van der Waals surface area contributed by atoms with Gasteiger partial charge in [-0.1, -0.05) is 23.5 Å². The Kier molecular flexibility index (Phi) is 1.04. The maximum absolute atomic E-state index is 4.96. The molecule has 2 heterocycles. The normalized spacial score (nSPS) is 10.4. The second-order valence-corrected chi connectivity index (χ2v) is 2.28. The van der Waals surface area contributed by atoms with Crippen LogP contribution in [0.1, 0.15) is 0 Å². The molecule has 0 saturated carbocycles. The number of fused-ring (bicyclic) bond motifs is 1. The van der Waals surface area contributed by atoms with Gasteiger partial charge in [0.05, 0.1) is 0 Å². The van der Waals surface area contributed by atoms with Gasteiger partial charge < -0.3 is 0 Å². The zero-order valence-corrected chi connectivity index (χ0v) is 5.80. The standard InChI is InChI=1S/C5H4N4S/c10-5-3-1-2-4-6-7-8-9(4)5/h1-3H,(H,6,8). The van der Waals surface area contributed by atoms with Crippen molar-refractivity contribution < 1.29 is 0 Å². The Balaban J connectivity index is 3.09. The highest BCUT2D eigenvalue weighted by Crippen LogP contribution is 1.95. The van der Waals surface area contributed by atoms with Gasteiger partial charge in [0.2, 0.25) is 0 Å². The van der Waals surface area contributed by atoms with Crippen molar-refractivity contribution in [3.05, 3.63) is 22.8 Å². The molecule has 5 heteroatoms. The first-order valence-electron chi connectivity index (χ1n) is 2.77. The van der Waals surface area contributed by atoms with Gasteiger partial charge in [0.15, 0.2) is 5.65 Å². The number of H-pyrrole nitrogens is 1. The molecule has 0 bridgehead atoms. The fourth-order valence-corrected chi connectivity index (χ4v) is 0.988. The van der Waals surface area contributed by atoms with Crippen molar-refractivity contribution in [2.24, 2.45) is 0 Å². The molecule has 0 saturated heterocycles. The van der Waals surface area contributed by atoms with Gasteiger partial charge in [0.1, 0.15) is 4.64 Å². The number of pyridine rings is 1. The molecular formula is C5H4N4S. The highest BCUT2D eigenvalue weighted by Gasteiger charge is 1.91. The van der Waals surface area contributed by atoms with Crippen molar-refractivity contribution in [1.29, 1.82) is 0 Å². The van der Waals surface area contributed by atoms with Gasteiger partial charge in [0, 0.05) is 0 Å². The number of hydrogen-bond acceptors (Lipinski definition) is 3. The molecule has 50 valence electrons. The van der Waals surface area contributed by atoms with Crippen LogP contribution >= 0.6 is 12.2 Å². The van der Waals surface area contributed by atoms with Gasteiger partial charge in [-0.2, -0.15) is 5.21 Å². The molecule has 0 aromatic carbocycles. The molecule has 10 heavy (non-hydrogen) atoms. The first-order valence-corrected chi connectivity index (χ1v) is 3.17. The van der Waals surface area contributed by atoms with E-state index < -0.39 is 0 Å². The largest absolute Gasteiger partial charge is 0.208 e. The van der Waals surface area contributed by atoms with E-state index in [1.54, 1.807) is 4.52 Å². The number of rotatable bonds is 0. The van der Waals surface area contributed by atoms with Crippen LogP contribution in [0.2, 0.25) is 0 Å². The van der Waals surface area contributed by atoms with E-state index in [9.17, 15) is 0 Å². The van der Waals surface area contributed by atoms with E-state index in [0.717, 1.165) is 5.65 Å². The van der Waals surface area contributed by atoms with E-state index in [0.29, 0.717) is 4.64 Å². The molecule has 0 aliphatic heterocycles. The van der Waals surface area contributed by atoms with Crippen LogP contribution in [0.5, 0.6) is 0 Å². The van der Waals surface area contributed by atoms with Crippen LogP contribution < -0.4 is 0 Å². The number of hydrogen-bond donors (Lipinski definition) is 1. The van der Waals surface area contributed by atoms with Crippen molar-refractivity contribution in [1.82, 2.24) is 20.0 Å². The average molecular weight is 152 g/mol. The van der Waals surface area contributed by atoms with E-state index in [1.807, 2.05) is 18.2 Å². The van der Waals surface area contributed by atoms with Crippen LogP contribution in [0.15, 0.2) is 18.2 Å². The lowest BCUT2D eigenvalue weighted by Gasteiger charge is -1.86. The number of nitrogens with zero attached hydrogens (tertiary/aromatic N) is 3. The molecule has 0 atom stereocenters. The topological polar surface area (TPSA) is 46.0 Å². The van der Waals surface area contributed by atoms with Crippen molar-refractivity contribution in [2.45, 2.75) is 0 Å². The average Bonchev–Trinajstić information content (AvgIpc) is 2.36. The van der Waals surface area contributed by atoms with Gasteiger partial charge in [-0.3, -0.25) is 0 Å². The van der Waals surface area contributed by atoms with Gasteiger partial charge in [-0.05, 0) is 12.1 Å². The molecule has 2 aromatic rings. The fraction of sp³-hybridized carbons (Fsp3) is 0. The minimum absolute atomic E-state index is 0.683. The summed E-state index contributed by atoms with van der Waals surface area (Å²) in [6, 6.07) is 5.49. The van der Waals surface area contributed by atoms with Gasteiger partial charge >= 0.3 is 0 Å². The van der Waals surface area contributed by atoms with Crippen molar-refractivity contribution >= 4 is 17.9 Å². The second-order valence-electron chi connectivity index (χ2n) is 1.86. The third-order valence-electron chi connectivity index (χ3n) is 1.23. The molecule has 1 N–H and O–H groups in total. The lowest BCUT2D eigenvalue weighted by atomic mass is 10.5. The lowest BCUT2D eigenvalue weighted by Crippen LogP contribution is -1.86. The number of aromatic amines is 1. The Bertz CT molecular complexity index is 401. The number of nitrogens with one attached hydrogen (secondary N) is 1. The Morgan fingerprint density at radius 3 is 3.20 bits per heavy atom. The summed E-state index contributed by atoms with van der Waals surface area (Å²) in [7, 11) is 0. The summed E-state index contributed by atoms with van der Waals surface area (Å²) >= 11 is 4.96. The van der Waals surface area contributed by atoms with Crippen LogP contribution in [0, 0.1) is 4.64 Å². The summed E-state index contributed by atoms with van der Waals surface area (Å²) < 4.78 is 2.32. The maximum atomic E-state index is 4.96. The molecule has 2 aromatic heterocycles. The first-order chi connectivity index (χ1) is 4.88. The van der Waals surface area contributed by atoms with Crippen molar-refractivity contribution in [3.63, 3.8) is 0 Å². The van der Waals surface area contributed by atoms with Crippen molar-refractivity contribution in [2.75, 3.05) is 0 Å². The summed E-state index contributed by atoms with van der Waals surface area (Å²) in [6.07, 6.45) is 0. The maximum Gasteiger partial charge on any atom is 0.178 e. The number of aromatic nitrogens is 4. The van der Waals surface area contributed by atoms with E-state index >= 15 is 0 Å². The van der Waals surface area contributed by atoms with E-state index in [2.05, 4.69) is 15.5 Å². The number of tetrazole rings is 1. The highest BCUT2D eigenvalue weighted by molar-refractivity contribution is 7.71. The molecule has 0 aliphatic rings. The molecule has 2 rings (SSSR count). The second kappa shape index (κ2) is 1.88. The first kappa shape index (κ1) is 5.55. The summed E-state index contributed by atoms with van der Waals surface area (Å²) in [5.41, 5.74) is 0.743. The third kappa shape index (κ3) is 0.640. The summed E-state index contributed by atoms with van der Waals surface area (Å²) in [5.74, 6) is 0. The molecule has 0 aliphatic carbocycles. The van der Waals surface area contributed by atoms with Crippen LogP contribution in [0.25, 0.3) is 5.65 Å². The fourth-order valence-electron chi connectivity index (χ4n) is 0.775. The highest BCUT2D eigenvalue weighted by atomic mass is 32.1. The Hall–Kier alpha value is -1.23. The zero-order valence-electron chi connectivity index (χ0n) is 4.98. The van der Waals surface area contributed by atoms with Crippen LogP contribution in [-0.4, -0.2) is 20.0 Å². The van der Waals surface area contributed by atoms with Crippen LogP contribution in [-0.2, 0) is 0 Å². The van der Waals surface area contributed by atoms with Gasteiger partial charge in [0.25, 0.3) is 0 Å². The Morgan fingerprint density at radius 2 is 2.40 bits per heavy atom. The molecule has 4 nitrogen and oxygen atoms in total. The Labute approximate surface area is 61.5 Å². The Morgan fingerprint density at radius 1 is 1.50 bits per heavy atom. The summed E-state index contributed by atoms with van der Waals surface area (Å²) in [5, 5.41) is 9.99. The van der Waals surface area contributed by atoms with E-state index in [4.69, 9.17) is 12.2 Å². The van der Waals surface area contributed by atoms with Gasteiger partial charge in [-0.15, -0.1) is 5.10 Å². The van der Waals surface area contributed by atoms with E-state index in [-0.39, 0.29) is 0 Å². The molecule has 0 radical (unpaired) electrons. The molecular weight excluding hydrogens is 148 g/mol. The zero-order chi connectivity index (χ0) is 6.97. The molecule has 0 spiro atoms. The SMILES string of the molecule is S=c1cccc2nn[nH]n12. The van der Waals surface area contributed by atoms with Gasteiger partial charge in [-0.25, -0.2) is 4.52 Å². The third-order valence-corrected chi connectivity index (χ3v) is 1.55. The minimum Gasteiger partial charge on any atom is -0.208 e. The molecule has 0 unspecified atom stereocenters. The van der Waals surface area contributed by atoms with Crippen molar-refractivity contribution in [3.8, 4) is 0 Å². The summed E-state index contributed by atoms with van der Waals surface area (Å²) in [6.45, 7) is 0. The predicted molar refractivity (Wildman–Crippen MR) is 38.2 cm³/mol. The molecule has 0 amide bonds. The van der Waals surface area contributed by atoms with Crippen LogP contribution in [0.3, 0.4) is 0 Å². The minimum atomic E-state index is 0.683. The quantitative estimate of drug-likeness (QED) is 0.567. The van der Waals surface area contributed by atoms with E-state index in [1.165, 1.54) is 0 Å². The predicted octanol–water partition coefficient (Wildman–Crippen LogP) is 0.787.